The molecule has 0 unspecified atom stereocenters. The Morgan fingerprint density at radius 3 is 2.59 bits per heavy atom. The standard InChI is InChI=1S/C21H21N3O2S/c1-14-2-7-17(21(26)23-18-8-9-18)10-19(14)24-20(25)13-27-12-16-5-3-15(11-22)4-6-16/h2-7,10,18H,8-9,12-13H2,1H3,(H,23,26)(H,24,25). The van der Waals surface area contributed by atoms with Crippen LogP contribution in [0, 0.1) is 18.3 Å². The Morgan fingerprint density at radius 2 is 1.93 bits per heavy atom. The first kappa shape index (κ1) is 19.0. The lowest BCUT2D eigenvalue weighted by molar-refractivity contribution is -0.113. The highest BCUT2D eigenvalue weighted by Crippen LogP contribution is 2.22. The van der Waals surface area contributed by atoms with Gasteiger partial charge in [0, 0.05) is 23.0 Å². The van der Waals surface area contributed by atoms with Gasteiger partial charge >= 0.3 is 0 Å². The lowest BCUT2D eigenvalue weighted by Gasteiger charge is -2.11. The average molecular weight is 379 g/mol. The number of thioether (sulfide) groups is 1. The average Bonchev–Trinajstić information content (AvgIpc) is 3.48. The number of anilines is 1. The van der Waals surface area contributed by atoms with Crippen LogP contribution in [0.3, 0.4) is 0 Å². The Morgan fingerprint density at radius 1 is 1.19 bits per heavy atom. The van der Waals surface area contributed by atoms with Crippen LogP contribution in [0.1, 0.15) is 39.9 Å². The third-order valence-corrected chi connectivity index (χ3v) is 5.28. The molecule has 5 nitrogen and oxygen atoms in total. The third-order valence-electron chi connectivity index (χ3n) is 4.27. The summed E-state index contributed by atoms with van der Waals surface area (Å²) in [5.41, 5.74) is 3.85. The van der Waals surface area contributed by atoms with Crippen molar-refractivity contribution in [3.8, 4) is 6.07 Å². The molecule has 0 radical (unpaired) electrons. The second kappa shape index (κ2) is 8.74. The van der Waals surface area contributed by atoms with Crippen LogP contribution in [0.2, 0.25) is 0 Å². The summed E-state index contributed by atoms with van der Waals surface area (Å²) in [6, 6.07) is 15.1. The van der Waals surface area contributed by atoms with E-state index in [0.717, 1.165) is 24.0 Å². The number of amides is 2. The second-order valence-electron chi connectivity index (χ2n) is 6.63. The molecule has 1 fully saturated rings. The van der Waals surface area contributed by atoms with Crippen molar-refractivity contribution in [3.63, 3.8) is 0 Å². The summed E-state index contributed by atoms with van der Waals surface area (Å²) in [5.74, 6) is 0.819. The van der Waals surface area contributed by atoms with E-state index < -0.39 is 0 Å². The van der Waals surface area contributed by atoms with Gasteiger partial charge in [-0.3, -0.25) is 9.59 Å². The molecule has 0 spiro atoms. The largest absolute Gasteiger partial charge is 0.349 e. The van der Waals surface area contributed by atoms with Gasteiger partial charge in [0.25, 0.3) is 5.91 Å². The van der Waals surface area contributed by atoms with Crippen molar-refractivity contribution in [2.45, 2.75) is 31.6 Å². The van der Waals surface area contributed by atoms with Gasteiger partial charge in [0.05, 0.1) is 17.4 Å². The molecular formula is C21H21N3O2S. The van der Waals surface area contributed by atoms with Crippen LogP contribution in [0.25, 0.3) is 0 Å². The minimum absolute atomic E-state index is 0.0943. The van der Waals surface area contributed by atoms with Crippen LogP contribution in [0.5, 0.6) is 0 Å². The van der Waals surface area contributed by atoms with E-state index in [0.29, 0.717) is 34.4 Å². The van der Waals surface area contributed by atoms with E-state index in [1.807, 2.05) is 25.1 Å². The number of nitrogens with one attached hydrogen (secondary N) is 2. The predicted molar refractivity (Wildman–Crippen MR) is 108 cm³/mol. The molecule has 3 rings (SSSR count). The van der Waals surface area contributed by atoms with Gasteiger partial charge in [-0.2, -0.15) is 5.26 Å². The molecule has 1 saturated carbocycles. The highest BCUT2D eigenvalue weighted by Gasteiger charge is 2.24. The van der Waals surface area contributed by atoms with Crippen molar-refractivity contribution >= 4 is 29.3 Å². The van der Waals surface area contributed by atoms with E-state index >= 15 is 0 Å². The van der Waals surface area contributed by atoms with Crippen molar-refractivity contribution in [1.29, 1.82) is 5.26 Å². The van der Waals surface area contributed by atoms with Gasteiger partial charge in [-0.05, 0) is 55.2 Å². The summed E-state index contributed by atoms with van der Waals surface area (Å²) in [5, 5.41) is 14.7. The fraction of sp³-hybridized carbons (Fsp3) is 0.286. The molecule has 27 heavy (non-hydrogen) atoms. The molecule has 0 heterocycles. The first-order valence-electron chi connectivity index (χ1n) is 8.83. The van der Waals surface area contributed by atoms with Gasteiger partial charge in [0.1, 0.15) is 0 Å². The van der Waals surface area contributed by atoms with Crippen LogP contribution in [-0.4, -0.2) is 23.6 Å². The SMILES string of the molecule is Cc1ccc(C(=O)NC2CC2)cc1NC(=O)CSCc1ccc(C#N)cc1. The molecule has 0 saturated heterocycles. The highest BCUT2D eigenvalue weighted by molar-refractivity contribution is 7.99. The van der Waals surface area contributed by atoms with Crippen LogP contribution in [-0.2, 0) is 10.5 Å². The predicted octanol–water partition coefficient (Wildman–Crippen LogP) is 3.63. The van der Waals surface area contributed by atoms with E-state index in [2.05, 4.69) is 16.7 Å². The molecule has 0 atom stereocenters. The summed E-state index contributed by atoms with van der Waals surface area (Å²) < 4.78 is 0. The Bertz CT molecular complexity index is 883. The Labute approximate surface area is 163 Å². The molecule has 1 aliphatic carbocycles. The summed E-state index contributed by atoms with van der Waals surface area (Å²) in [6.07, 6.45) is 2.08. The number of aryl methyl sites for hydroxylation is 1. The Balaban J connectivity index is 1.52. The molecule has 1 aliphatic rings. The third kappa shape index (κ3) is 5.60. The zero-order valence-electron chi connectivity index (χ0n) is 15.1. The van der Waals surface area contributed by atoms with E-state index in [1.165, 1.54) is 11.8 Å². The molecule has 2 aromatic carbocycles. The number of nitriles is 1. The lowest BCUT2D eigenvalue weighted by Crippen LogP contribution is -2.25. The monoisotopic (exact) mass is 379 g/mol. The van der Waals surface area contributed by atoms with Crippen molar-refractivity contribution in [2.75, 3.05) is 11.1 Å². The normalized spacial score (nSPS) is 12.9. The maximum Gasteiger partial charge on any atom is 0.251 e. The molecule has 2 N–H and O–H groups in total. The molecule has 2 amide bonds. The van der Waals surface area contributed by atoms with Gasteiger partial charge in [-0.15, -0.1) is 11.8 Å². The van der Waals surface area contributed by atoms with Crippen LogP contribution >= 0.6 is 11.8 Å². The Kier molecular flexibility index (Phi) is 6.15. The molecule has 138 valence electrons. The van der Waals surface area contributed by atoms with E-state index in [1.54, 1.807) is 24.3 Å². The van der Waals surface area contributed by atoms with Crippen molar-refractivity contribution in [2.24, 2.45) is 0 Å². The van der Waals surface area contributed by atoms with Crippen molar-refractivity contribution < 1.29 is 9.59 Å². The minimum Gasteiger partial charge on any atom is -0.349 e. The topological polar surface area (TPSA) is 82.0 Å². The number of rotatable bonds is 7. The smallest absolute Gasteiger partial charge is 0.251 e. The highest BCUT2D eigenvalue weighted by atomic mass is 32.2. The summed E-state index contributed by atoms with van der Waals surface area (Å²) in [6.45, 7) is 1.90. The number of benzene rings is 2. The molecule has 0 aliphatic heterocycles. The van der Waals surface area contributed by atoms with Crippen LogP contribution in [0.15, 0.2) is 42.5 Å². The number of carbonyl (C=O) groups excluding carboxylic acids is 2. The molecule has 6 heteroatoms. The number of hydrogen-bond acceptors (Lipinski definition) is 4. The fourth-order valence-electron chi connectivity index (χ4n) is 2.52. The zero-order valence-corrected chi connectivity index (χ0v) is 15.9. The van der Waals surface area contributed by atoms with Gasteiger partial charge in [0.2, 0.25) is 5.91 Å². The van der Waals surface area contributed by atoms with E-state index in [9.17, 15) is 9.59 Å². The molecule has 0 bridgehead atoms. The maximum atomic E-state index is 12.2. The Hall–Kier alpha value is -2.78. The zero-order chi connectivity index (χ0) is 19.2. The summed E-state index contributed by atoms with van der Waals surface area (Å²) in [7, 11) is 0. The number of nitrogens with zero attached hydrogens (tertiary/aromatic N) is 1. The fourth-order valence-corrected chi connectivity index (χ4v) is 3.31. The summed E-state index contributed by atoms with van der Waals surface area (Å²) in [4.78, 5) is 24.4. The minimum atomic E-state index is -0.100. The number of carbonyl (C=O) groups is 2. The maximum absolute atomic E-state index is 12.2. The number of hydrogen-bond donors (Lipinski definition) is 2. The first-order chi connectivity index (χ1) is 13.0. The van der Waals surface area contributed by atoms with Gasteiger partial charge in [0.15, 0.2) is 0 Å². The van der Waals surface area contributed by atoms with Crippen molar-refractivity contribution in [3.05, 3.63) is 64.7 Å². The molecular weight excluding hydrogens is 358 g/mol. The van der Waals surface area contributed by atoms with Crippen LogP contribution < -0.4 is 10.6 Å². The first-order valence-corrected chi connectivity index (χ1v) is 9.99. The van der Waals surface area contributed by atoms with Crippen molar-refractivity contribution in [1.82, 2.24) is 5.32 Å². The van der Waals surface area contributed by atoms with Gasteiger partial charge < -0.3 is 10.6 Å². The van der Waals surface area contributed by atoms with E-state index in [4.69, 9.17) is 5.26 Å². The molecule has 0 aromatic heterocycles. The quantitative estimate of drug-likeness (QED) is 0.770. The van der Waals surface area contributed by atoms with Crippen LogP contribution in [0.4, 0.5) is 5.69 Å². The summed E-state index contributed by atoms with van der Waals surface area (Å²) >= 11 is 1.51. The lowest BCUT2D eigenvalue weighted by atomic mass is 10.1. The second-order valence-corrected chi connectivity index (χ2v) is 7.61. The molecule has 2 aromatic rings. The van der Waals surface area contributed by atoms with E-state index in [-0.39, 0.29) is 11.8 Å². The van der Waals surface area contributed by atoms with Gasteiger partial charge in [-0.1, -0.05) is 18.2 Å². The van der Waals surface area contributed by atoms with Gasteiger partial charge in [-0.25, -0.2) is 0 Å².